The third kappa shape index (κ3) is 3.12. The molecular weight excluding hydrogens is 252 g/mol. The molecule has 0 atom stereocenters. The minimum atomic E-state index is 0.0991. The molecule has 0 spiro atoms. The average molecular weight is 274 g/mol. The van der Waals surface area contributed by atoms with Gasteiger partial charge in [0.2, 0.25) is 5.91 Å². The van der Waals surface area contributed by atoms with E-state index in [1.807, 2.05) is 12.1 Å². The van der Waals surface area contributed by atoms with Crippen LogP contribution >= 0.6 is 0 Å². The summed E-state index contributed by atoms with van der Waals surface area (Å²) < 4.78 is 5.29. The summed E-state index contributed by atoms with van der Waals surface area (Å²) in [5.41, 5.74) is 2.15. The Hall–Kier alpha value is -1.55. The van der Waals surface area contributed by atoms with Crippen LogP contribution in [0.2, 0.25) is 0 Å². The zero-order valence-electron chi connectivity index (χ0n) is 11.8. The molecule has 2 aliphatic rings. The lowest BCUT2D eigenvalue weighted by Crippen LogP contribution is -2.28. The molecule has 2 aliphatic heterocycles. The largest absolute Gasteiger partial charge is 0.381 e. The zero-order valence-corrected chi connectivity index (χ0v) is 11.8. The fraction of sp³-hybridized carbons (Fsp3) is 0.562. The third-order valence-corrected chi connectivity index (χ3v) is 4.20. The van der Waals surface area contributed by atoms with E-state index in [9.17, 15) is 4.79 Å². The average Bonchev–Trinajstić information content (AvgIpc) is 3.03. The van der Waals surface area contributed by atoms with E-state index in [1.54, 1.807) is 0 Å². The van der Waals surface area contributed by atoms with Gasteiger partial charge in [0.1, 0.15) is 0 Å². The van der Waals surface area contributed by atoms with Crippen molar-refractivity contribution in [1.29, 1.82) is 0 Å². The zero-order chi connectivity index (χ0) is 13.8. The van der Waals surface area contributed by atoms with Gasteiger partial charge in [-0.3, -0.25) is 4.79 Å². The van der Waals surface area contributed by atoms with Crippen LogP contribution in [0.15, 0.2) is 24.3 Å². The lowest BCUT2D eigenvalue weighted by molar-refractivity contribution is -0.122. The Bertz CT molecular complexity index is 446. The maximum absolute atomic E-state index is 12.1. The molecule has 2 fully saturated rings. The van der Waals surface area contributed by atoms with Crippen molar-refractivity contribution in [3.05, 3.63) is 24.3 Å². The third-order valence-electron chi connectivity index (χ3n) is 4.20. The second-order valence-corrected chi connectivity index (χ2v) is 5.62. The van der Waals surface area contributed by atoms with Gasteiger partial charge in [-0.25, -0.2) is 0 Å². The van der Waals surface area contributed by atoms with Crippen LogP contribution in [0.5, 0.6) is 0 Å². The van der Waals surface area contributed by atoms with Gasteiger partial charge in [0, 0.05) is 43.6 Å². The van der Waals surface area contributed by atoms with Gasteiger partial charge in [-0.15, -0.1) is 0 Å². The molecule has 0 radical (unpaired) electrons. The van der Waals surface area contributed by atoms with Crippen LogP contribution in [0.1, 0.15) is 25.7 Å². The van der Waals surface area contributed by atoms with Gasteiger partial charge in [-0.05, 0) is 49.9 Å². The minimum absolute atomic E-state index is 0.0991. The van der Waals surface area contributed by atoms with Crippen molar-refractivity contribution in [2.45, 2.75) is 25.7 Å². The molecule has 2 heterocycles. The molecule has 1 amide bonds. The Morgan fingerprint density at radius 3 is 2.40 bits per heavy atom. The van der Waals surface area contributed by atoms with Gasteiger partial charge < -0.3 is 15.0 Å². The van der Waals surface area contributed by atoms with Crippen LogP contribution in [-0.4, -0.2) is 32.2 Å². The van der Waals surface area contributed by atoms with Gasteiger partial charge in [-0.2, -0.15) is 0 Å². The molecule has 0 bridgehead atoms. The predicted octanol–water partition coefficient (Wildman–Crippen LogP) is 2.65. The first-order chi connectivity index (χ1) is 9.83. The highest BCUT2D eigenvalue weighted by molar-refractivity contribution is 5.92. The van der Waals surface area contributed by atoms with Crippen molar-refractivity contribution in [3.8, 4) is 0 Å². The summed E-state index contributed by atoms with van der Waals surface area (Å²) in [5.74, 6) is 0.226. The molecule has 3 rings (SSSR count). The van der Waals surface area contributed by atoms with Crippen molar-refractivity contribution in [3.63, 3.8) is 0 Å². The van der Waals surface area contributed by atoms with Crippen molar-refractivity contribution in [2.75, 3.05) is 36.5 Å². The van der Waals surface area contributed by atoms with Crippen LogP contribution in [0.4, 0.5) is 11.4 Å². The Labute approximate surface area is 120 Å². The molecule has 1 aromatic carbocycles. The van der Waals surface area contributed by atoms with Crippen LogP contribution in [0.3, 0.4) is 0 Å². The summed E-state index contributed by atoms with van der Waals surface area (Å²) in [7, 11) is 0. The van der Waals surface area contributed by atoms with E-state index in [0.717, 1.165) is 31.6 Å². The topological polar surface area (TPSA) is 41.6 Å². The lowest BCUT2D eigenvalue weighted by Gasteiger charge is -2.21. The first-order valence-corrected chi connectivity index (χ1v) is 7.56. The van der Waals surface area contributed by atoms with Gasteiger partial charge >= 0.3 is 0 Å². The molecule has 1 N–H and O–H groups in total. The predicted molar refractivity (Wildman–Crippen MR) is 80.1 cm³/mol. The van der Waals surface area contributed by atoms with Crippen molar-refractivity contribution in [1.82, 2.24) is 0 Å². The molecular formula is C16H22N2O2. The highest BCUT2D eigenvalue weighted by Gasteiger charge is 2.21. The number of benzene rings is 1. The summed E-state index contributed by atoms with van der Waals surface area (Å²) in [6.07, 6.45) is 4.22. The minimum Gasteiger partial charge on any atom is -0.381 e. The van der Waals surface area contributed by atoms with Gasteiger partial charge in [0.25, 0.3) is 0 Å². The fourth-order valence-electron chi connectivity index (χ4n) is 2.94. The van der Waals surface area contributed by atoms with Crippen molar-refractivity contribution >= 4 is 17.3 Å². The number of amides is 1. The summed E-state index contributed by atoms with van der Waals surface area (Å²) in [6, 6.07) is 8.21. The first-order valence-electron chi connectivity index (χ1n) is 7.56. The van der Waals surface area contributed by atoms with E-state index in [2.05, 4.69) is 22.3 Å². The summed E-state index contributed by atoms with van der Waals surface area (Å²) >= 11 is 0. The monoisotopic (exact) mass is 274 g/mol. The summed E-state index contributed by atoms with van der Waals surface area (Å²) in [4.78, 5) is 14.5. The molecule has 20 heavy (non-hydrogen) atoms. The molecule has 4 heteroatoms. The maximum Gasteiger partial charge on any atom is 0.227 e. The summed E-state index contributed by atoms with van der Waals surface area (Å²) in [6.45, 7) is 3.69. The van der Waals surface area contributed by atoms with E-state index < -0.39 is 0 Å². The van der Waals surface area contributed by atoms with E-state index in [0.29, 0.717) is 13.2 Å². The van der Waals surface area contributed by atoms with Crippen LogP contribution in [-0.2, 0) is 9.53 Å². The maximum atomic E-state index is 12.1. The normalized spacial score (nSPS) is 20.1. The molecule has 0 aliphatic carbocycles. The SMILES string of the molecule is O=C(Nc1ccc(N2CCCC2)cc1)C1CCOCC1. The number of carbonyl (C=O) groups excluding carboxylic acids is 1. The van der Waals surface area contributed by atoms with Gasteiger partial charge in [-0.1, -0.05) is 0 Å². The van der Waals surface area contributed by atoms with E-state index >= 15 is 0 Å². The fourth-order valence-corrected chi connectivity index (χ4v) is 2.94. The number of hydrogen-bond donors (Lipinski definition) is 1. The van der Waals surface area contributed by atoms with Crippen LogP contribution < -0.4 is 10.2 Å². The Morgan fingerprint density at radius 2 is 1.75 bits per heavy atom. The number of anilines is 2. The molecule has 108 valence electrons. The number of nitrogens with one attached hydrogen (secondary N) is 1. The van der Waals surface area contributed by atoms with Gasteiger partial charge in [0.15, 0.2) is 0 Å². The molecule has 2 saturated heterocycles. The van der Waals surface area contributed by atoms with E-state index in [4.69, 9.17) is 4.74 Å². The smallest absolute Gasteiger partial charge is 0.227 e. The Kier molecular flexibility index (Phi) is 4.21. The van der Waals surface area contributed by atoms with Crippen molar-refractivity contribution in [2.24, 2.45) is 5.92 Å². The highest BCUT2D eigenvalue weighted by atomic mass is 16.5. The highest BCUT2D eigenvalue weighted by Crippen LogP contribution is 2.23. The first kappa shape index (κ1) is 13.4. The number of rotatable bonds is 3. The second-order valence-electron chi connectivity index (χ2n) is 5.62. The van der Waals surface area contributed by atoms with Gasteiger partial charge in [0.05, 0.1) is 0 Å². The Morgan fingerprint density at radius 1 is 1.10 bits per heavy atom. The molecule has 1 aromatic rings. The number of carbonyl (C=O) groups is 1. The number of hydrogen-bond acceptors (Lipinski definition) is 3. The number of ether oxygens (including phenoxy) is 1. The molecule has 0 aromatic heterocycles. The second kappa shape index (κ2) is 6.27. The Balaban J connectivity index is 1.58. The standard InChI is InChI=1S/C16H22N2O2/c19-16(13-7-11-20-12-8-13)17-14-3-5-15(6-4-14)18-9-1-2-10-18/h3-6,13H,1-2,7-12H2,(H,17,19). The van der Waals surface area contributed by atoms with Crippen molar-refractivity contribution < 1.29 is 9.53 Å². The lowest BCUT2D eigenvalue weighted by atomic mass is 9.99. The molecule has 0 unspecified atom stereocenters. The van der Waals surface area contributed by atoms with E-state index in [-0.39, 0.29) is 11.8 Å². The van der Waals surface area contributed by atoms with Crippen LogP contribution in [0.25, 0.3) is 0 Å². The molecule has 0 saturated carbocycles. The number of nitrogens with zero attached hydrogens (tertiary/aromatic N) is 1. The molecule has 4 nitrogen and oxygen atoms in total. The quantitative estimate of drug-likeness (QED) is 0.921. The van der Waals surface area contributed by atoms with E-state index in [1.165, 1.54) is 18.5 Å². The van der Waals surface area contributed by atoms with Crippen LogP contribution in [0, 0.1) is 5.92 Å². The summed E-state index contributed by atoms with van der Waals surface area (Å²) in [5, 5.41) is 3.02.